The largest absolute Gasteiger partial charge is 0.369 e. The molecule has 3 heterocycles. The highest BCUT2D eigenvalue weighted by Crippen LogP contribution is 2.26. The van der Waals surface area contributed by atoms with Crippen molar-refractivity contribution in [3.05, 3.63) is 42.2 Å². The first-order chi connectivity index (χ1) is 11.6. The summed E-state index contributed by atoms with van der Waals surface area (Å²) < 4.78 is 14.7. The highest BCUT2D eigenvalue weighted by molar-refractivity contribution is 5.77. The van der Waals surface area contributed by atoms with Crippen LogP contribution in [0.4, 0.5) is 16.0 Å². The van der Waals surface area contributed by atoms with E-state index in [4.69, 9.17) is 5.73 Å². The van der Waals surface area contributed by atoms with Gasteiger partial charge >= 0.3 is 0 Å². The summed E-state index contributed by atoms with van der Waals surface area (Å²) in [5, 5.41) is 2.97. The monoisotopic (exact) mass is 330 g/mol. The molecule has 8 heteroatoms. The highest BCUT2D eigenvalue weighted by Gasteiger charge is 2.27. The quantitative estimate of drug-likeness (QED) is 0.858. The van der Waals surface area contributed by atoms with E-state index in [0.29, 0.717) is 19.6 Å². The van der Waals surface area contributed by atoms with Gasteiger partial charge in [0, 0.05) is 32.0 Å². The lowest BCUT2D eigenvalue weighted by atomic mass is 9.97. The molecule has 24 heavy (non-hydrogen) atoms. The lowest BCUT2D eigenvalue weighted by Crippen LogP contribution is -2.42. The lowest BCUT2D eigenvalue weighted by molar-refractivity contribution is -0.122. The fraction of sp³-hybridized carbons (Fsp3) is 0.375. The lowest BCUT2D eigenvalue weighted by Gasteiger charge is -2.32. The van der Waals surface area contributed by atoms with Gasteiger partial charge in [0.2, 0.25) is 11.7 Å². The third-order valence-corrected chi connectivity index (χ3v) is 4.10. The standard InChI is InChI=1S/C16H19FN6O/c17-13-15(20-8-11-3-5-19-6-4-11)21-10-22-16(13)23-7-1-2-12(9-23)14(18)24/h3-6,10,12H,1-2,7-9H2,(H2,18,24)(H,20,21,22). The molecule has 0 bridgehead atoms. The number of piperidine rings is 1. The molecular weight excluding hydrogens is 311 g/mol. The molecule has 1 atom stereocenters. The fourth-order valence-corrected chi connectivity index (χ4v) is 2.79. The molecule has 1 aliphatic heterocycles. The van der Waals surface area contributed by atoms with Gasteiger partial charge in [-0.05, 0) is 30.5 Å². The number of pyridine rings is 1. The summed E-state index contributed by atoms with van der Waals surface area (Å²) in [5.74, 6) is -0.811. The van der Waals surface area contributed by atoms with Gasteiger partial charge in [0.05, 0.1) is 5.92 Å². The fourth-order valence-electron chi connectivity index (χ4n) is 2.79. The minimum Gasteiger partial charge on any atom is -0.369 e. The van der Waals surface area contributed by atoms with Crippen LogP contribution < -0.4 is 16.0 Å². The molecule has 7 nitrogen and oxygen atoms in total. The Morgan fingerprint density at radius 2 is 2.17 bits per heavy atom. The summed E-state index contributed by atoms with van der Waals surface area (Å²) in [4.78, 5) is 25.1. The average Bonchev–Trinajstić information content (AvgIpc) is 2.62. The Balaban J connectivity index is 1.74. The highest BCUT2D eigenvalue weighted by atomic mass is 19.1. The topological polar surface area (TPSA) is 97.0 Å². The Morgan fingerprint density at radius 1 is 1.38 bits per heavy atom. The zero-order valence-electron chi connectivity index (χ0n) is 13.2. The average molecular weight is 330 g/mol. The molecule has 2 aromatic heterocycles. The number of carbonyl (C=O) groups excluding carboxylic acids is 1. The van der Waals surface area contributed by atoms with Gasteiger partial charge in [-0.1, -0.05) is 0 Å². The first-order valence-corrected chi connectivity index (χ1v) is 7.82. The Hall–Kier alpha value is -2.77. The Kier molecular flexibility index (Phi) is 4.83. The van der Waals surface area contributed by atoms with Crippen LogP contribution in [0.25, 0.3) is 0 Å². The molecule has 0 saturated carbocycles. The maximum Gasteiger partial charge on any atom is 0.222 e. The molecule has 0 radical (unpaired) electrons. The number of carbonyl (C=O) groups is 1. The van der Waals surface area contributed by atoms with E-state index in [1.54, 1.807) is 17.3 Å². The van der Waals surface area contributed by atoms with Crippen LogP contribution in [0.2, 0.25) is 0 Å². The molecule has 1 saturated heterocycles. The van der Waals surface area contributed by atoms with E-state index in [0.717, 1.165) is 18.4 Å². The van der Waals surface area contributed by atoms with Crippen LogP contribution in [-0.2, 0) is 11.3 Å². The zero-order chi connectivity index (χ0) is 16.9. The minimum atomic E-state index is -0.517. The van der Waals surface area contributed by atoms with E-state index < -0.39 is 5.82 Å². The van der Waals surface area contributed by atoms with E-state index in [9.17, 15) is 9.18 Å². The van der Waals surface area contributed by atoms with E-state index in [-0.39, 0.29) is 23.5 Å². The third kappa shape index (κ3) is 3.58. The van der Waals surface area contributed by atoms with Crippen molar-refractivity contribution < 1.29 is 9.18 Å². The van der Waals surface area contributed by atoms with Gasteiger partial charge in [0.1, 0.15) is 6.33 Å². The number of aromatic nitrogens is 3. The molecule has 0 spiro atoms. The van der Waals surface area contributed by atoms with Gasteiger partial charge in [-0.15, -0.1) is 0 Å². The normalized spacial score (nSPS) is 17.5. The van der Waals surface area contributed by atoms with Crippen molar-refractivity contribution in [3.63, 3.8) is 0 Å². The minimum absolute atomic E-state index is 0.137. The Bertz CT molecular complexity index is 711. The van der Waals surface area contributed by atoms with Crippen molar-refractivity contribution in [2.75, 3.05) is 23.3 Å². The Morgan fingerprint density at radius 3 is 2.92 bits per heavy atom. The number of hydrogen-bond donors (Lipinski definition) is 2. The number of amides is 1. The molecule has 0 aromatic carbocycles. The number of halogens is 1. The number of nitrogens with two attached hydrogens (primary N) is 1. The van der Waals surface area contributed by atoms with Crippen LogP contribution in [0, 0.1) is 11.7 Å². The number of nitrogens with zero attached hydrogens (tertiary/aromatic N) is 4. The molecule has 1 fully saturated rings. The van der Waals surface area contributed by atoms with Crippen LogP contribution in [0.1, 0.15) is 18.4 Å². The van der Waals surface area contributed by atoms with E-state index in [1.807, 2.05) is 12.1 Å². The van der Waals surface area contributed by atoms with Crippen LogP contribution in [0.15, 0.2) is 30.9 Å². The SMILES string of the molecule is NC(=O)C1CCCN(c2ncnc(NCc3ccncc3)c2F)C1. The second-order valence-corrected chi connectivity index (χ2v) is 5.76. The van der Waals surface area contributed by atoms with Crippen molar-refractivity contribution >= 4 is 17.5 Å². The number of primary amides is 1. The molecule has 126 valence electrons. The maximum atomic E-state index is 14.7. The molecule has 3 rings (SSSR count). The van der Waals surface area contributed by atoms with Gasteiger partial charge in [-0.2, -0.15) is 4.39 Å². The molecule has 2 aromatic rings. The summed E-state index contributed by atoms with van der Waals surface area (Å²) in [7, 11) is 0. The van der Waals surface area contributed by atoms with E-state index >= 15 is 0 Å². The van der Waals surface area contributed by atoms with Crippen molar-refractivity contribution in [1.29, 1.82) is 0 Å². The summed E-state index contributed by atoms with van der Waals surface area (Å²) in [5.41, 5.74) is 6.35. The summed E-state index contributed by atoms with van der Waals surface area (Å²) >= 11 is 0. The van der Waals surface area contributed by atoms with Crippen molar-refractivity contribution in [3.8, 4) is 0 Å². The predicted molar refractivity (Wildman–Crippen MR) is 87.7 cm³/mol. The van der Waals surface area contributed by atoms with Gasteiger partial charge in [0.25, 0.3) is 0 Å². The predicted octanol–water partition coefficient (Wildman–Crippen LogP) is 1.32. The van der Waals surface area contributed by atoms with Crippen LogP contribution in [0.3, 0.4) is 0 Å². The first-order valence-electron chi connectivity index (χ1n) is 7.82. The van der Waals surface area contributed by atoms with Crippen molar-refractivity contribution in [2.24, 2.45) is 11.7 Å². The molecule has 1 amide bonds. The second-order valence-electron chi connectivity index (χ2n) is 5.76. The molecule has 1 unspecified atom stereocenters. The Labute approximate surface area is 139 Å². The molecule has 3 N–H and O–H groups in total. The maximum absolute atomic E-state index is 14.7. The summed E-state index contributed by atoms with van der Waals surface area (Å²) in [6.45, 7) is 1.45. The van der Waals surface area contributed by atoms with E-state index in [2.05, 4.69) is 20.3 Å². The van der Waals surface area contributed by atoms with Crippen LogP contribution in [0.5, 0.6) is 0 Å². The third-order valence-electron chi connectivity index (χ3n) is 4.10. The van der Waals surface area contributed by atoms with Crippen molar-refractivity contribution in [1.82, 2.24) is 15.0 Å². The number of nitrogens with one attached hydrogen (secondary N) is 1. The number of rotatable bonds is 5. The van der Waals surface area contributed by atoms with Crippen LogP contribution in [-0.4, -0.2) is 33.9 Å². The zero-order valence-corrected chi connectivity index (χ0v) is 13.2. The first kappa shape index (κ1) is 16.1. The number of anilines is 2. The van der Waals surface area contributed by atoms with Gasteiger partial charge < -0.3 is 16.0 Å². The van der Waals surface area contributed by atoms with Gasteiger partial charge in [-0.3, -0.25) is 9.78 Å². The smallest absolute Gasteiger partial charge is 0.222 e. The summed E-state index contributed by atoms with van der Waals surface area (Å²) in [6, 6.07) is 3.68. The summed E-state index contributed by atoms with van der Waals surface area (Å²) in [6.07, 6.45) is 6.18. The molecule has 1 aliphatic rings. The molecule has 0 aliphatic carbocycles. The number of hydrogen-bond acceptors (Lipinski definition) is 6. The molecular formula is C16H19FN6O. The van der Waals surface area contributed by atoms with E-state index in [1.165, 1.54) is 6.33 Å². The second kappa shape index (κ2) is 7.20. The van der Waals surface area contributed by atoms with Crippen molar-refractivity contribution in [2.45, 2.75) is 19.4 Å². The van der Waals surface area contributed by atoms with Gasteiger partial charge in [0.15, 0.2) is 11.6 Å². The van der Waals surface area contributed by atoms with Gasteiger partial charge in [-0.25, -0.2) is 9.97 Å². The van der Waals surface area contributed by atoms with Crippen LogP contribution >= 0.6 is 0 Å².